The highest BCUT2D eigenvalue weighted by molar-refractivity contribution is 5.90. The Labute approximate surface area is 176 Å². The van der Waals surface area contributed by atoms with Gasteiger partial charge in [0, 0.05) is 25.2 Å². The second-order valence-electron chi connectivity index (χ2n) is 7.11. The lowest BCUT2D eigenvalue weighted by Gasteiger charge is -2.29. The standard InChI is InChI=1S/C23H28N2O5/c1-29-19-5-7-20(8-6-19)30-15-13-25(12-14-26)22-10-4-18-16-17(2-9-21(18)22)3-11-23(27)24-28/h2-3,5-9,11,16,22,26,28H,4,10,12-15H2,1H3,(H,24,27)/b11-3+. The van der Waals surface area contributed by atoms with E-state index in [0.717, 1.165) is 29.9 Å². The van der Waals surface area contributed by atoms with Crippen LogP contribution in [-0.2, 0) is 11.2 Å². The SMILES string of the molecule is COc1ccc(OCCN(CCO)C2CCc3cc(/C=C/C(=O)NO)ccc32)cc1. The van der Waals surface area contributed by atoms with Crippen molar-refractivity contribution in [2.45, 2.75) is 18.9 Å². The minimum atomic E-state index is -0.556. The Kier molecular flexibility index (Phi) is 7.84. The fraction of sp³-hybridized carbons (Fsp3) is 0.348. The van der Waals surface area contributed by atoms with Crippen LogP contribution in [0.15, 0.2) is 48.5 Å². The smallest absolute Gasteiger partial charge is 0.267 e. The lowest BCUT2D eigenvalue weighted by atomic mass is 10.0. The molecule has 0 saturated carbocycles. The zero-order chi connectivity index (χ0) is 21.3. The average molecular weight is 412 g/mol. The molecule has 0 saturated heterocycles. The number of hydrogen-bond acceptors (Lipinski definition) is 6. The van der Waals surface area contributed by atoms with E-state index in [1.165, 1.54) is 17.2 Å². The normalized spacial score (nSPS) is 15.4. The molecule has 0 heterocycles. The molecule has 0 aliphatic heterocycles. The van der Waals surface area contributed by atoms with E-state index in [9.17, 15) is 9.90 Å². The van der Waals surface area contributed by atoms with Crippen molar-refractivity contribution in [3.8, 4) is 11.5 Å². The first-order chi connectivity index (χ1) is 14.6. The molecule has 1 amide bonds. The number of aliphatic hydroxyl groups excluding tert-OH is 1. The third-order valence-corrected chi connectivity index (χ3v) is 5.29. The highest BCUT2D eigenvalue weighted by Gasteiger charge is 2.27. The van der Waals surface area contributed by atoms with Gasteiger partial charge in [-0.2, -0.15) is 0 Å². The summed E-state index contributed by atoms with van der Waals surface area (Å²) in [6.45, 7) is 1.89. The van der Waals surface area contributed by atoms with Crippen LogP contribution in [0.5, 0.6) is 11.5 Å². The molecule has 7 heteroatoms. The van der Waals surface area contributed by atoms with Crippen LogP contribution in [0, 0.1) is 0 Å². The van der Waals surface area contributed by atoms with Gasteiger partial charge < -0.3 is 14.6 Å². The predicted octanol–water partition coefficient (Wildman–Crippen LogP) is 2.57. The van der Waals surface area contributed by atoms with Crippen LogP contribution < -0.4 is 15.0 Å². The fourth-order valence-electron chi connectivity index (χ4n) is 3.81. The third kappa shape index (κ3) is 5.60. The molecule has 0 radical (unpaired) electrons. The first kappa shape index (κ1) is 21.8. The average Bonchev–Trinajstić information content (AvgIpc) is 3.20. The number of nitrogens with zero attached hydrogens (tertiary/aromatic N) is 1. The van der Waals surface area contributed by atoms with E-state index < -0.39 is 5.91 Å². The summed E-state index contributed by atoms with van der Waals surface area (Å²) in [6.07, 6.45) is 4.88. The van der Waals surface area contributed by atoms with Gasteiger partial charge in [0.25, 0.3) is 5.91 Å². The number of hydroxylamine groups is 1. The summed E-state index contributed by atoms with van der Waals surface area (Å²) in [5.41, 5.74) is 4.99. The summed E-state index contributed by atoms with van der Waals surface area (Å²) in [5, 5.41) is 18.1. The molecule has 30 heavy (non-hydrogen) atoms. The number of aryl methyl sites for hydroxylation is 1. The lowest BCUT2D eigenvalue weighted by Crippen LogP contribution is -2.34. The number of nitrogens with one attached hydrogen (secondary N) is 1. The van der Waals surface area contributed by atoms with E-state index in [0.29, 0.717) is 19.7 Å². The fourth-order valence-corrected chi connectivity index (χ4v) is 3.81. The molecule has 0 bridgehead atoms. The van der Waals surface area contributed by atoms with Crippen molar-refractivity contribution in [1.29, 1.82) is 0 Å². The number of methoxy groups -OCH3 is 1. The highest BCUT2D eigenvalue weighted by Crippen LogP contribution is 2.36. The molecule has 7 nitrogen and oxygen atoms in total. The molecule has 1 atom stereocenters. The number of carbonyl (C=O) groups is 1. The molecule has 1 aliphatic carbocycles. The summed E-state index contributed by atoms with van der Waals surface area (Å²) >= 11 is 0. The van der Waals surface area contributed by atoms with Gasteiger partial charge in [-0.1, -0.05) is 18.2 Å². The molecular weight excluding hydrogens is 384 g/mol. The molecule has 1 unspecified atom stereocenters. The van der Waals surface area contributed by atoms with Crippen LogP contribution >= 0.6 is 0 Å². The molecule has 0 aromatic heterocycles. The topological polar surface area (TPSA) is 91.3 Å². The minimum absolute atomic E-state index is 0.0888. The van der Waals surface area contributed by atoms with E-state index in [2.05, 4.69) is 17.0 Å². The van der Waals surface area contributed by atoms with Gasteiger partial charge in [0.2, 0.25) is 0 Å². The van der Waals surface area contributed by atoms with Gasteiger partial charge in [-0.25, -0.2) is 5.48 Å². The van der Waals surface area contributed by atoms with E-state index in [4.69, 9.17) is 14.7 Å². The number of ether oxygens (including phenoxy) is 2. The maximum Gasteiger partial charge on any atom is 0.267 e. The Morgan fingerprint density at radius 3 is 2.67 bits per heavy atom. The van der Waals surface area contributed by atoms with E-state index in [1.54, 1.807) is 18.7 Å². The van der Waals surface area contributed by atoms with Crippen molar-refractivity contribution >= 4 is 12.0 Å². The number of hydrogen-bond donors (Lipinski definition) is 3. The van der Waals surface area contributed by atoms with Crippen LogP contribution in [0.1, 0.15) is 29.2 Å². The van der Waals surface area contributed by atoms with Gasteiger partial charge in [0.05, 0.1) is 13.7 Å². The van der Waals surface area contributed by atoms with Gasteiger partial charge in [0.15, 0.2) is 0 Å². The van der Waals surface area contributed by atoms with Crippen LogP contribution in [-0.4, -0.2) is 54.5 Å². The lowest BCUT2D eigenvalue weighted by molar-refractivity contribution is -0.124. The monoisotopic (exact) mass is 412 g/mol. The van der Waals surface area contributed by atoms with Crippen LogP contribution in [0.4, 0.5) is 0 Å². The molecule has 1 aliphatic rings. The summed E-state index contributed by atoms with van der Waals surface area (Å²) in [4.78, 5) is 13.4. The van der Waals surface area contributed by atoms with Crippen LogP contribution in [0.25, 0.3) is 6.08 Å². The number of benzene rings is 2. The van der Waals surface area contributed by atoms with Gasteiger partial charge in [-0.3, -0.25) is 14.9 Å². The van der Waals surface area contributed by atoms with Crippen molar-refractivity contribution in [2.24, 2.45) is 0 Å². The molecular formula is C23H28N2O5. The first-order valence-electron chi connectivity index (χ1n) is 10.0. The Morgan fingerprint density at radius 2 is 1.97 bits per heavy atom. The second kappa shape index (κ2) is 10.8. The Bertz CT molecular complexity index is 866. The van der Waals surface area contributed by atoms with E-state index in [1.807, 2.05) is 30.3 Å². The van der Waals surface area contributed by atoms with Gasteiger partial charge in [-0.15, -0.1) is 0 Å². The molecule has 160 valence electrons. The van der Waals surface area contributed by atoms with Crippen molar-refractivity contribution in [2.75, 3.05) is 33.4 Å². The summed E-state index contributed by atoms with van der Waals surface area (Å²) in [6, 6.07) is 13.8. The van der Waals surface area contributed by atoms with Crippen molar-refractivity contribution in [3.05, 3.63) is 65.2 Å². The van der Waals surface area contributed by atoms with Gasteiger partial charge in [0.1, 0.15) is 18.1 Å². The number of aliphatic hydroxyl groups is 1. The number of rotatable bonds is 10. The Balaban J connectivity index is 1.62. The van der Waals surface area contributed by atoms with Crippen molar-refractivity contribution < 1.29 is 24.6 Å². The van der Waals surface area contributed by atoms with Gasteiger partial charge >= 0.3 is 0 Å². The maximum absolute atomic E-state index is 11.2. The quantitative estimate of drug-likeness (QED) is 0.316. The Hall–Kier alpha value is -2.87. The molecule has 0 fully saturated rings. The molecule has 0 spiro atoms. The van der Waals surface area contributed by atoms with Crippen molar-refractivity contribution in [3.63, 3.8) is 0 Å². The predicted molar refractivity (Wildman–Crippen MR) is 114 cm³/mol. The molecule has 2 aromatic rings. The molecule has 3 N–H and O–H groups in total. The van der Waals surface area contributed by atoms with Crippen molar-refractivity contribution in [1.82, 2.24) is 10.4 Å². The number of carbonyl (C=O) groups excluding carboxylic acids is 1. The number of amides is 1. The zero-order valence-corrected chi connectivity index (χ0v) is 17.1. The number of fused-ring (bicyclic) bond motifs is 1. The zero-order valence-electron chi connectivity index (χ0n) is 17.1. The van der Waals surface area contributed by atoms with Gasteiger partial charge in [-0.05, 0) is 59.9 Å². The van der Waals surface area contributed by atoms with Crippen LogP contribution in [0.2, 0.25) is 0 Å². The summed E-state index contributed by atoms with van der Waals surface area (Å²) < 4.78 is 11.0. The molecule has 2 aromatic carbocycles. The second-order valence-corrected chi connectivity index (χ2v) is 7.11. The molecule has 3 rings (SSSR count). The van der Waals surface area contributed by atoms with Crippen LogP contribution in [0.3, 0.4) is 0 Å². The largest absolute Gasteiger partial charge is 0.497 e. The Morgan fingerprint density at radius 1 is 1.20 bits per heavy atom. The third-order valence-electron chi connectivity index (χ3n) is 5.29. The summed E-state index contributed by atoms with van der Waals surface area (Å²) in [5.74, 6) is 1.02. The first-order valence-corrected chi connectivity index (χ1v) is 10.0. The highest BCUT2D eigenvalue weighted by atomic mass is 16.5. The maximum atomic E-state index is 11.2. The summed E-state index contributed by atoms with van der Waals surface area (Å²) in [7, 11) is 1.63. The van der Waals surface area contributed by atoms with E-state index >= 15 is 0 Å². The van der Waals surface area contributed by atoms with E-state index in [-0.39, 0.29) is 12.6 Å². The minimum Gasteiger partial charge on any atom is -0.497 e.